The summed E-state index contributed by atoms with van der Waals surface area (Å²) in [6.45, 7) is 5.15. The Labute approximate surface area is 186 Å². The van der Waals surface area contributed by atoms with E-state index in [1.165, 1.54) is 11.3 Å². The van der Waals surface area contributed by atoms with Crippen LogP contribution in [0.4, 0.5) is 21.1 Å². The number of carbonyl (C=O) groups is 2. The fourth-order valence-electron chi connectivity index (χ4n) is 4.18. The second kappa shape index (κ2) is 9.54. The van der Waals surface area contributed by atoms with Crippen molar-refractivity contribution in [2.24, 2.45) is 0 Å². The molecule has 1 unspecified atom stereocenters. The van der Waals surface area contributed by atoms with E-state index in [1.807, 2.05) is 21.9 Å². The zero-order chi connectivity index (χ0) is 21.8. The number of piperidine rings is 1. The molecule has 4 rings (SSSR count). The van der Waals surface area contributed by atoms with Crippen molar-refractivity contribution in [3.05, 3.63) is 18.3 Å². The third kappa shape index (κ3) is 5.09. The minimum Gasteiger partial charge on any atom is -0.487 e. The van der Waals surface area contributed by atoms with Crippen LogP contribution in [-0.4, -0.2) is 95.7 Å². The van der Waals surface area contributed by atoms with Gasteiger partial charge >= 0.3 is 12.1 Å². The average molecular weight is 449 g/mol. The van der Waals surface area contributed by atoms with Gasteiger partial charge in [0, 0.05) is 39.3 Å². The van der Waals surface area contributed by atoms with Crippen LogP contribution in [0.5, 0.6) is 0 Å². The van der Waals surface area contributed by atoms with E-state index in [0.29, 0.717) is 25.3 Å². The lowest BCUT2D eigenvalue weighted by molar-refractivity contribution is 0.140. The number of piperazine rings is 1. The van der Waals surface area contributed by atoms with Crippen molar-refractivity contribution in [3.63, 3.8) is 0 Å². The molecule has 0 spiro atoms. The Hall–Kier alpha value is -2.82. The number of carbonyl (C=O) groups excluding carboxylic acids is 2. The summed E-state index contributed by atoms with van der Waals surface area (Å²) < 4.78 is 5.28. The van der Waals surface area contributed by atoms with Gasteiger partial charge in [0.2, 0.25) is 0 Å². The molecule has 10 nitrogen and oxygen atoms in total. The number of urea groups is 1. The zero-order valence-electron chi connectivity index (χ0n) is 17.4. The summed E-state index contributed by atoms with van der Waals surface area (Å²) in [5.74, 6) is 0.824. The van der Waals surface area contributed by atoms with E-state index >= 15 is 0 Å². The van der Waals surface area contributed by atoms with Crippen molar-refractivity contribution in [3.8, 4) is 0 Å². The van der Waals surface area contributed by atoms with Crippen LogP contribution in [0, 0.1) is 0 Å². The Morgan fingerprint density at radius 1 is 1.13 bits per heavy atom. The van der Waals surface area contributed by atoms with E-state index in [0.717, 1.165) is 44.8 Å². The van der Waals surface area contributed by atoms with E-state index in [9.17, 15) is 9.59 Å². The molecular formula is C20H28N6O4S. The second-order valence-electron chi connectivity index (χ2n) is 7.98. The average Bonchev–Trinajstić information content (AvgIpc) is 3.18. The van der Waals surface area contributed by atoms with Gasteiger partial charge in [0.05, 0.1) is 25.0 Å². The van der Waals surface area contributed by atoms with Gasteiger partial charge in [-0.05, 0) is 43.6 Å². The molecule has 3 fully saturated rings. The number of hydrogen-bond donors (Lipinski definition) is 2. The van der Waals surface area contributed by atoms with E-state index in [-0.39, 0.29) is 17.8 Å². The summed E-state index contributed by atoms with van der Waals surface area (Å²) >= 11 is 4.57. The lowest BCUT2D eigenvalue weighted by Crippen LogP contribution is -2.53. The maximum absolute atomic E-state index is 12.7. The Bertz CT molecular complexity index is 808. The third-order valence-electron chi connectivity index (χ3n) is 5.90. The van der Waals surface area contributed by atoms with Crippen LogP contribution in [0.1, 0.15) is 19.3 Å². The van der Waals surface area contributed by atoms with Crippen molar-refractivity contribution in [2.75, 3.05) is 62.2 Å². The molecule has 0 aromatic carbocycles. The van der Waals surface area contributed by atoms with Gasteiger partial charge in [-0.3, -0.25) is 4.90 Å². The number of nitrogens with one attached hydrogen (secondary N) is 1. The minimum absolute atomic E-state index is 0.154. The van der Waals surface area contributed by atoms with Crippen LogP contribution in [0.25, 0.3) is 0 Å². The molecule has 1 aromatic rings. The highest BCUT2D eigenvalue weighted by Crippen LogP contribution is 2.23. The summed E-state index contributed by atoms with van der Waals surface area (Å²) in [4.78, 5) is 36.9. The molecule has 1 atom stereocenters. The van der Waals surface area contributed by atoms with Gasteiger partial charge in [0.1, 0.15) is 11.9 Å². The lowest BCUT2D eigenvalue weighted by atomic mass is 10.1. The maximum atomic E-state index is 12.7. The van der Waals surface area contributed by atoms with Crippen LogP contribution in [-0.2, 0) is 4.74 Å². The first-order valence-corrected chi connectivity index (χ1v) is 11.1. The molecule has 11 heteroatoms. The molecule has 168 valence electrons. The fourth-order valence-corrected chi connectivity index (χ4v) is 4.26. The van der Waals surface area contributed by atoms with E-state index in [2.05, 4.69) is 27.4 Å². The molecule has 2 N–H and O–H groups in total. The number of aliphatic hydroxyl groups is 1. The number of likely N-dealkylation sites (tertiary alicyclic amines) is 1. The van der Waals surface area contributed by atoms with E-state index in [4.69, 9.17) is 9.84 Å². The van der Waals surface area contributed by atoms with Crippen LogP contribution in [0.15, 0.2) is 18.3 Å². The molecule has 0 aliphatic carbocycles. The summed E-state index contributed by atoms with van der Waals surface area (Å²) in [7, 11) is 0. The number of nitrogens with zero attached hydrogens (tertiary/aromatic N) is 5. The number of thiocarbonyl (C=S) groups is 1. The highest BCUT2D eigenvalue weighted by atomic mass is 32.1. The molecule has 1 aromatic heterocycles. The maximum Gasteiger partial charge on any atom is 0.414 e. The highest BCUT2D eigenvalue weighted by molar-refractivity contribution is 7.79. The number of anilines is 2. The van der Waals surface area contributed by atoms with Crippen molar-refractivity contribution in [2.45, 2.75) is 25.4 Å². The molecular weight excluding hydrogens is 420 g/mol. The molecule has 0 radical (unpaired) electrons. The Balaban J connectivity index is 1.29. The van der Waals surface area contributed by atoms with Crippen molar-refractivity contribution in [1.82, 2.24) is 20.1 Å². The molecule has 0 saturated carbocycles. The summed E-state index contributed by atoms with van der Waals surface area (Å²) in [5.41, 5.74) is 0.654. The van der Waals surface area contributed by atoms with Gasteiger partial charge < -0.3 is 29.9 Å². The number of pyridine rings is 1. The number of aromatic nitrogens is 1. The largest absolute Gasteiger partial charge is 0.487 e. The highest BCUT2D eigenvalue weighted by Gasteiger charge is 2.33. The second-order valence-corrected chi connectivity index (χ2v) is 8.37. The van der Waals surface area contributed by atoms with Crippen LogP contribution >= 0.6 is 12.2 Å². The number of amides is 3. The van der Waals surface area contributed by atoms with Gasteiger partial charge in [-0.1, -0.05) is 0 Å². The molecule has 0 bridgehead atoms. The van der Waals surface area contributed by atoms with Crippen LogP contribution in [0.3, 0.4) is 0 Å². The van der Waals surface area contributed by atoms with Gasteiger partial charge in [-0.25, -0.2) is 14.6 Å². The number of cyclic esters (lactones) is 1. The SMILES string of the molecule is O=C(N1CCCCC1)N1CCN(c2ccc(N3CC(CNC(O)=S)OC3=O)cn2)CC1. The first-order valence-electron chi connectivity index (χ1n) is 10.7. The van der Waals surface area contributed by atoms with Crippen LogP contribution in [0.2, 0.25) is 0 Å². The Morgan fingerprint density at radius 2 is 1.84 bits per heavy atom. The minimum atomic E-state index is -0.449. The lowest BCUT2D eigenvalue weighted by Gasteiger charge is -2.39. The Kier molecular flexibility index (Phi) is 6.59. The van der Waals surface area contributed by atoms with Gasteiger partial charge in [0.15, 0.2) is 0 Å². The summed E-state index contributed by atoms with van der Waals surface area (Å²) in [6.07, 6.45) is 4.21. The molecule has 3 aliphatic rings. The molecule has 31 heavy (non-hydrogen) atoms. The smallest absolute Gasteiger partial charge is 0.414 e. The Morgan fingerprint density at radius 3 is 2.48 bits per heavy atom. The van der Waals surface area contributed by atoms with Crippen molar-refractivity contribution < 1.29 is 19.4 Å². The van der Waals surface area contributed by atoms with Crippen molar-refractivity contribution in [1.29, 1.82) is 0 Å². The first-order chi connectivity index (χ1) is 15.0. The number of hydrogen-bond acceptors (Lipinski definition) is 6. The quantitative estimate of drug-likeness (QED) is 0.670. The molecule has 3 saturated heterocycles. The van der Waals surface area contributed by atoms with Gasteiger partial charge in [-0.2, -0.15) is 0 Å². The van der Waals surface area contributed by atoms with E-state index in [1.54, 1.807) is 6.20 Å². The van der Waals surface area contributed by atoms with Crippen molar-refractivity contribution >= 4 is 41.0 Å². The third-order valence-corrected chi connectivity index (χ3v) is 6.04. The number of rotatable bonds is 4. The van der Waals surface area contributed by atoms with Gasteiger partial charge in [0.25, 0.3) is 5.17 Å². The summed E-state index contributed by atoms with van der Waals surface area (Å²) in [6, 6.07) is 3.89. The molecule has 4 heterocycles. The number of aliphatic hydroxyl groups excluding tert-OH is 1. The topological polar surface area (TPSA) is 101 Å². The standard InChI is InChI=1S/C20H28N6O4S/c27-18(31)22-13-16-14-26(20(29)30-16)15-4-5-17(21-12-15)23-8-10-25(11-9-23)19(28)24-6-2-1-3-7-24/h4-5,12,16H,1-3,6-11,13-14H2,(H2,22,27,31). The fraction of sp³-hybridized carbons (Fsp3) is 0.600. The molecule has 3 amide bonds. The first kappa shape index (κ1) is 21.4. The van der Waals surface area contributed by atoms with Gasteiger partial charge in [-0.15, -0.1) is 0 Å². The predicted molar refractivity (Wildman–Crippen MR) is 120 cm³/mol. The number of ether oxygens (including phenoxy) is 1. The molecule has 3 aliphatic heterocycles. The predicted octanol–water partition coefficient (Wildman–Crippen LogP) is 1.57. The zero-order valence-corrected chi connectivity index (χ0v) is 18.2. The van der Waals surface area contributed by atoms with Crippen LogP contribution < -0.4 is 15.1 Å². The van der Waals surface area contributed by atoms with E-state index < -0.39 is 12.2 Å². The summed E-state index contributed by atoms with van der Waals surface area (Å²) in [5, 5.41) is 11.3. The normalized spacial score (nSPS) is 21.8. The monoisotopic (exact) mass is 448 g/mol.